The Hall–Kier alpha value is -4.25. The third kappa shape index (κ3) is 6.39. The fourth-order valence-corrected chi connectivity index (χ4v) is 3.14. The van der Waals surface area contributed by atoms with Crippen molar-refractivity contribution in [2.24, 2.45) is 0 Å². The number of alkyl halides is 3. The Kier molecular flexibility index (Phi) is 7.59. The number of carbonyl (C=O) groups is 1. The van der Waals surface area contributed by atoms with Gasteiger partial charge < -0.3 is 14.8 Å². The van der Waals surface area contributed by atoms with E-state index >= 15 is 0 Å². The zero-order chi connectivity index (χ0) is 24.7. The highest BCUT2D eigenvalue weighted by molar-refractivity contribution is 6.09. The molecule has 0 radical (unpaired) electrons. The first-order valence-electron chi connectivity index (χ1n) is 10.2. The first kappa shape index (κ1) is 24.4. The van der Waals surface area contributed by atoms with Crippen LogP contribution >= 0.6 is 0 Å². The van der Waals surface area contributed by atoms with E-state index in [1.165, 1.54) is 25.3 Å². The Bertz CT molecular complexity index is 1260. The quantitative estimate of drug-likeness (QED) is 0.335. The molecule has 0 saturated carbocycles. The molecule has 3 aromatic rings. The van der Waals surface area contributed by atoms with Crippen LogP contribution in [0.3, 0.4) is 0 Å². The summed E-state index contributed by atoms with van der Waals surface area (Å²) in [5.74, 6) is 0.0469. The lowest BCUT2D eigenvalue weighted by Gasteiger charge is -2.12. The average molecular weight is 466 g/mol. The number of ether oxygens (including phenoxy) is 2. The summed E-state index contributed by atoms with van der Waals surface area (Å²) in [6.45, 7) is 2.32. The van der Waals surface area contributed by atoms with E-state index < -0.39 is 17.6 Å². The Balaban J connectivity index is 1.76. The molecule has 0 aliphatic heterocycles. The number of benzene rings is 3. The second kappa shape index (κ2) is 10.6. The summed E-state index contributed by atoms with van der Waals surface area (Å²) in [4.78, 5) is 12.5. The molecule has 0 spiro atoms. The van der Waals surface area contributed by atoms with E-state index in [0.29, 0.717) is 23.7 Å². The second-order valence-corrected chi connectivity index (χ2v) is 7.39. The number of nitriles is 1. The van der Waals surface area contributed by atoms with E-state index in [0.717, 1.165) is 23.3 Å². The Morgan fingerprint density at radius 1 is 1.06 bits per heavy atom. The van der Waals surface area contributed by atoms with Crippen LogP contribution in [0.25, 0.3) is 6.08 Å². The van der Waals surface area contributed by atoms with E-state index in [1.54, 1.807) is 24.3 Å². The van der Waals surface area contributed by atoms with Crippen molar-refractivity contribution >= 4 is 17.7 Å². The van der Waals surface area contributed by atoms with Gasteiger partial charge in [0.2, 0.25) is 0 Å². The Morgan fingerprint density at radius 2 is 1.82 bits per heavy atom. The van der Waals surface area contributed by atoms with Gasteiger partial charge in [-0.2, -0.15) is 18.4 Å². The molecule has 5 nitrogen and oxygen atoms in total. The maximum absolute atomic E-state index is 12.9. The third-order valence-corrected chi connectivity index (χ3v) is 4.79. The number of hydrogen-bond donors (Lipinski definition) is 1. The van der Waals surface area contributed by atoms with Gasteiger partial charge in [-0.15, -0.1) is 0 Å². The zero-order valence-electron chi connectivity index (χ0n) is 18.4. The summed E-state index contributed by atoms with van der Waals surface area (Å²) in [7, 11) is 1.47. The third-order valence-electron chi connectivity index (χ3n) is 4.79. The summed E-state index contributed by atoms with van der Waals surface area (Å²) in [6.07, 6.45) is -3.23. The van der Waals surface area contributed by atoms with Crippen LogP contribution in [0.1, 0.15) is 22.3 Å². The molecule has 0 fully saturated rings. The van der Waals surface area contributed by atoms with Crippen molar-refractivity contribution in [3.8, 4) is 17.6 Å². The minimum atomic E-state index is -4.55. The van der Waals surface area contributed by atoms with E-state index in [9.17, 15) is 23.2 Å². The predicted molar refractivity (Wildman–Crippen MR) is 122 cm³/mol. The van der Waals surface area contributed by atoms with Crippen molar-refractivity contribution in [3.63, 3.8) is 0 Å². The van der Waals surface area contributed by atoms with Crippen LogP contribution in [-0.4, -0.2) is 13.0 Å². The van der Waals surface area contributed by atoms with Crippen LogP contribution < -0.4 is 14.8 Å². The summed E-state index contributed by atoms with van der Waals surface area (Å²) in [5, 5.41) is 11.7. The smallest absolute Gasteiger partial charge is 0.416 e. The minimum Gasteiger partial charge on any atom is -0.493 e. The maximum Gasteiger partial charge on any atom is 0.416 e. The topological polar surface area (TPSA) is 71.3 Å². The normalized spacial score (nSPS) is 11.5. The summed E-state index contributed by atoms with van der Waals surface area (Å²) < 4.78 is 49.9. The molecular weight excluding hydrogens is 445 g/mol. The fourth-order valence-electron chi connectivity index (χ4n) is 3.14. The van der Waals surface area contributed by atoms with Crippen LogP contribution in [0.15, 0.2) is 72.3 Å². The van der Waals surface area contributed by atoms with Crippen molar-refractivity contribution < 1.29 is 27.4 Å². The molecule has 34 heavy (non-hydrogen) atoms. The average Bonchev–Trinajstić information content (AvgIpc) is 2.81. The molecule has 1 amide bonds. The van der Waals surface area contributed by atoms with Gasteiger partial charge >= 0.3 is 6.18 Å². The number of anilines is 1. The number of rotatable bonds is 7. The summed E-state index contributed by atoms with van der Waals surface area (Å²) in [5.41, 5.74) is 1.32. The molecule has 0 aromatic heterocycles. The van der Waals surface area contributed by atoms with Gasteiger partial charge in [-0.05, 0) is 54.5 Å². The summed E-state index contributed by atoms with van der Waals surface area (Å²) in [6, 6.07) is 18.7. The number of nitrogens with zero attached hydrogens (tertiary/aromatic N) is 1. The number of carbonyl (C=O) groups excluding carboxylic acids is 1. The molecule has 0 unspecified atom stereocenters. The number of methoxy groups -OCH3 is 1. The van der Waals surface area contributed by atoms with Gasteiger partial charge in [0.05, 0.1) is 12.7 Å². The number of aryl methyl sites for hydroxylation is 1. The summed E-state index contributed by atoms with van der Waals surface area (Å²) >= 11 is 0. The van der Waals surface area contributed by atoms with Crippen LogP contribution in [-0.2, 0) is 17.6 Å². The lowest BCUT2D eigenvalue weighted by Crippen LogP contribution is -2.14. The van der Waals surface area contributed by atoms with Crippen molar-refractivity contribution in [2.45, 2.75) is 19.7 Å². The fraction of sp³-hybridized carbons (Fsp3) is 0.154. The van der Waals surface area contributed by atoms with Gasteiger partial charge in [0, 0.05) is 5.69 Å². The van der Waals surface area contributed by atoms with Crippen LogP contribution in [0.4, 0.5) is 18.9 Å². The molecule has 1 N–H and O–H groups in total. The largest absolute Gasteiger partial charge is 0.493 e. The van der Waals surface area contributed by atoms with Gasteiger partial charge in [0.25, 0.3) is 5.91 Å². The molecule has 174 valence electrons. The van der Waals surface area contributed by atoms with Crippen LogP contribution in [0.5, 0.6) is 11.5 Å². The van der Waals surface area contributed by atoms with E-state index in [2.05, 4.69) is 5.32 Å². The van der Waals surface area contributed by atoms with Crippen molar-refractivity contribution in [2.75, 3.05) is 12.4 Å². The minimum absolute atomic E-state index is 0.0709. The van der Waals surface area contributed by atoms with Crippen molar-refractivity contribution in [1.29, 1.82) is 5.26 Å². The van der Waals surface area contributed by atoms with Crippen molar-refractivity contribution in [1.82, 2.24) is 0 Å². The molecule has 0 saturated heterocycles. The molecule has 8 heteroatoms. The van der Waals surface area contributed by atoms with Gasteiger partial charge in [-0.3, -0.25) is 4.79 Å². The van der Waals surface area contributed by atoms with Gasteiger partial charge in [-0.1, -0.05) is 42.0 Å². The van der Waals surface area contributed by atoms with Gasteiger partial charge in [-0.25, -0.2) is 0 Å². The van der Waals surface area contributed by atoms with E-state index in [4.69, 9.17) is 9.47 Å². The standard InChI is InChI=1S/C26H21F3N2O3/c1-17-5-3-6-19(11-17)16-34-23-10-9-18(13-24(23)33-2)12-20(15-30)25(32)31-22-8-4-7-21(14-22)26(27,28)29/h3-14H,16H2,1-2H3,(H,31,32)/b20-12+. The Morgan fingerprint density at radius 3 is 2.50 bits per heavy atom. The van der Waals surface area contributed by atoms with Gasteiger partial charge in [0.1, 0.15) is 18.2 Å². The number of nitrogens with one attached hydrogen (secondary N) is 1. The highest BCUT2D eigenvalue weighted by Crippen LogP contribution is 2.31. The molecular formula is C26H21F3N2O3. The number of halogens is 3. The molecule has 0 bridgehead atoms. The van der Waals surface area contributed by atoms with Gasteiger partial charge in [0.15, 0.2) is 11.5 Å². The lowest BCUT2D eigenvalue weighted by atomic mass is 10.1. The van der Waals surface area contributed by atoms with Crippen molar-refractivity contribution in [3.05, 3.63) is 94.6 Å². The Labute approximate surface area is 195 Å². The number of amides is 1. The predicted octanol–water partition coefficient (Wildman–Crippen LogP) is 6.15. The monoisotopic (exact) mass is 466 g/mol. The molecule has 3 rings (SSSR count). The SMILES string of the molecule is COc1cc(/C=C(\C#N)C(=O)Nc2cccc(C(F)(F)F)c2)ccc1OCc1cccc(C)c1. The highest BCUT2D eigenvalue weighted by Gasteiger charge is 2.30. The van der Waals surface area contributed by atoms with Crippen LogP contribution in [0, 0.1) is 18.3 Å². The zero-order valence-corrected chi connectivity index (χ0v) is 18.4. The van der Waals surface area contributed by atoms with E-state index in [-0.39, 0.29) is 11.3 Å². The molecule has 0 aliphatic rings. The molecule has 0 heterocycles. The first-order chi connectivity index (χ1) is 16.2. The molecule has 3 aromatic carbocycles. The lowest BCUT2D eigenvalue weighted by molar-refractivity contribution is -0.137. The second-order valence-electron chi connectivity index (χ2n) is 7.39. The maximum atomic E-state index is 12.9. The first-order valence-corrected chi connectivity index (χ1v) is 10.2. The number of hydrogen-bond acceptors (Lipinski definition) is 4. The highest BCUT2D eigenvalue weighted by atomic mass is 19.4. The van der Waals surface area contributed by atoms with E-state index in [1.807, 2.05) is 31.2 Å². The van der Waals surface area contributed by atoms with Crippen LogP contribution in [0.2, 0.25) is 0 Å². The molecule has 0 atom stereocenters. The molecule has 0 aliphatic carbocycles.